The van der Waals surface area contributed by atoms with Gasteiger partial charge in [0.15, 0.2) is 11.5 Å². The molecule has 1 amide bonds. The first-order valence-electron chi connectivity index (χ1n) is 8.18. The molecular weight excluding hydrogens is 318 g/mol. The summed E-state index contributed by atoms with van der Waals surface area (Å²) in [4.78, 5) is 12.1. The van der Waals surface area contributed by atoms with Crippen molar-refractivity contribution in [1.82, 2.24) is 5.32 Å². The maximum atomic E-state index is 12.1. The number of carbonyl (C=O) groups excluding carboxylic acids is 1. The van der Waals surface area contributed by atoms with Crippen LogP contribution in [-0.4, -0.2) is 27.2 Å². The number of aryl methyl sites for hydroxylation is 2. The lowest BCUT2D eigenvalue weighted by atomic mass is 10.1. The first kappa shape index (κ1) is 18.6. The van der Waals surface area contributed by atoms with Crippen LogP contribution < -0.4 is 19.5 Å². The lowest BCUT2D eigenvalue weighted by Gasteiger charge is -2.14. The highest BCUT2D eigenvalue weighted by atomic mass is 16.5. The van der Waals surface area contributed by atoms with E-state index in [-0.39, 0.29) is 5.91 Å². The molecule has 0 fully saturated rings. The van der Waals surface area contributed by atoms with E-state index in [1.807, 2.05) is 43.3 Å². The number of hydrogen-bond donors (Lipinski definition) is 1. The number of benzene rings is 2. The summed E-state index contributed by atoms with van der Waals surface area (Å²) >= 11 is 0. The van der Waals surface area contributed by atoms with E-state index in [4.69, 9.17) is 14.2 Å². The van der Waals surface area contributed by atoms with Gasteiger partial charge in [-0.1, -0.05) is 29.8 Å². The van der Waals surface area contributed by atoms with Crippen LogP contribution in [0.2, 0.25) is 0 Å². The molecule has 2 rings (SSSR count). The Balaban J connectivity index is 1.93. The summed E-state index contributed by atoms with van der Waals surface area (Å²) in [7, 11) is 4.73. The van der Waals surface area contributed by atoms with Crippen molar-refractivity contribution >= 4 is 5.91 Å². The third kappa shape index (κ3) is 5.14. The SMILES string of the molecule is COc1cc(CCC(=O)NCc2ccc(C)cc2)cc(OC)c1OC. The van der Waals surface area contributed by atoms with E-state index in [1.54, 1.807) is 21.3 Å². The number of nitrogens with one attached hydrogen (secondary N) is 1. The van der Waals surface area contributed by atoms with Gasteiger partial charge in [-0.3, -0.25) is 4.79 Å². The fraction of sp³-hybridized carbons (Fsp3) is 0.350. The number of amides is 1. The fourth-order valence-corrected chi connectivity index (χ4v) is 2.53. The van der Waals surface area contributed by atoms with Crippen molar-refractivity contribution in [2.75, 3.05) is 21.3 Å². The van der Waals surface area contributed by atoms with Crippen LogP contribution in [0.25, 0.3) is 0 Å². The van der Waals surface area contributed by atoms with Gasteiger partial charge in [0.1, 0.15) is 0 Å². The lowest BCUT2D eigenvalue weighted by Crippen LogP contribution is -2.23. The van der Waals surface area contributed by atoms with Gasteiger partial charge in [-0.05, 0) is 36.6 Å². The molecule has 0 aliphatic heterocycles. The second kappa shape index (κ2) is 8.97. The fourth-order valence-electron chi connectivity index (χ4n) is 2.53. The average Bonchev–Trinajstić information content (AvgIpc) is 2.64. The highest BCUT2D eigenvalue weighted by Gasteiger charge is 2.13. The largest absolute Gasteiger partial charge is 0.493 e. The van der Waals surface area contributed by atoms with Crippen molar-refractivity contribution in [3.8, 4) is 17.2 Å². The van der Waals surface area contributed by atoms with Crippen molar-refractivity contribution in [3.05, 3.63) is 53.1 Å². The quantitative estimate of drug-likeness (QED) is 0.799. The zero-order valence-corrected chi connectivity index (χ0v) is 15.2. The number of hydrogen-bond acceptors (Lipinski definition) is 4. The minimum absolute atomic E-state index is 0.00864. The van der Waals surface area contributed by atoms with Gasteiger partial charge in [-0.25, -0.2) is 0 Å². The summed E-state index contributed by atoms with van der Waals surface area (Å²) in [5, 5.41) is 2.94. The maximum Gasteiger partial charge on any atom is 0.220 e. The minimum atomic E-state index is 0.00864. The van der Waals surface area contributed by atoms with Crippen LogP contribution in [0, 0.1) is 6.92 Å². The second-order valence-corrected chi connectivity index (χ2v) is 5.80. The third-order valence-electron chi connectivity index (χ3n) is 3.98. The van der Waals surface area contributed by atoms with Gasteiger partial charge < -0.3 is 19.5 Å². The normalized spacial score (nSPS) is 10.2. The molecule has 0 spiro atoms. The summed E-state index contributed by atoms with van der Waals surface area (Å²) in [5.74, 6) is 1.75. The van der Waals surface area contributed by atoms with Gasteiger partial charge in [-0.2, -0.15) is 0 Å². The Morgan fingerprint density at radius 3 is 2.04 bits per heavy atom. The molecule has 0 saturated heterocycles. The molecular formula is C20H25NO4. The molecule has 0 bridgehead atoms. The molecule has 0 unspecified atom stereocenters. The van der Waals surface area contributed by atoms with Gasteiger partial charge >= 0.3 is 0 Å². The van der Waals surface area contributed by atoms with Gasteiger partial charge in [-0.15, -0.1) is 0 Å². The van der Waals surface area contributed by atoms with E-state index >= 15 is 0 Å². The zero-order valence-electron chi connectivity index (χ0n) is 15.2. The molecule has 0 saturated carbocycles. The Bertz CT molecular complexity index is 685. The standard InChI is InChI=1S/C20H25NO4/c1-14-5-7-15(8-6-14)13-21-19(22)10-9-16-11-17(23-2)20(25-4)18(12-16)24-3/h5-8,11-12H,9-10,13H2,1-4H3,(H,21,22). The minimum Gasteiger partial charge on any atom is -0.493 e. The van der Waals surface area contributed by atoms with Crippen LogP contribution in [-0.2, 0) is 17.8 Å². The van der Waals surface area contributed by atoms with Crippen LogP contribution in [0.3, 0.4) is 0 Å². The van der Waals surface area contributed by atoms with Gasteiger partial charge in [0, 0.05) is 13.0 Å². The molecule has 25 heavy (non-hydrogen) atoms. The first-order valence-corrected chi connectivity index (χ1v) is 8.18. The van der Waals surface area contributed by atoms with Crippen LogP contribution >= 0.6 is 0 Å². The number of methoxy groups -OCH3 is 3. The Labute approximate surface area is 148 Å². The van der Waals surface area contributed by atoms with Gasteiger partial charge in [0.2, 0.25) is 11.7 Å². The molecule has 0 aliphatic rings. The van der Waals surface area contributed by atoms with E-state index in [0.29, 0.717) is 36.6 Å². The van der Waals surface area contributed by atoms with Crippen molar-refractivity contribution < 1.29 is 19.0 Å². The summed E-state index contributed by atoms with van der Waals surface area (Å²) in [5.41, 5.74) is 3.25. The smallest absolute Gasteiger partial charge is 0.220 e. The second-order valence-electron chi connectivity index (χ2n) is 5.80. The third-order valence-corrected chi connectivity index (χ3v) is 3.98. The van der Waals surface area contributed by atoms with Crippen LogP contribution in [0.15, 0.2) is 36.4 Å². The summed E-state index contributed by atoms with van der Waals surface area (Å²) in [6.45, 7) is 2.58. The first-order chi connectivity index (χ1) is 12.1. The van der Waals surface area contributed by atoms with E-state index in [0.717, 1.165) is 11.1 Å². The Hall–Kier alpha value is -2.69. The van der Waals surface area contributed by atoms with E-state index < -0.39 is 0 Å². The predicted octanol–water partition coefficient (Wildman–Crippen LogP) is 3.27. The van der Waals surface area contributed by atoms with E-state index in [1.165, 1.54) is 5.56 Å². The highest BCUT2D eigenvalue weighted by molar-refractivity contribution is 5.76. The molecule has 5 nitrogen and oxygen atoms in total. The summed E-state index contributed by atoms with van der Waals surface area (Å²) < 4.78 is 16.0. The van der Waals surface area contributed by atoms with Crippen molar-refractivity contribution in [1.29, 1.82) is 0 Å². The van der Waals surface area contributed by atoms with Crippen molar-refractivity contribution in [2.45, 2.75) is 26.3 Å². The molecule has 0 atom stereocenters. The summed E-state index contributed by atoms with van der Waals surface area (Å²) in [6, 6.07) is 11.9. The molecule has 2 aromatic rings. The van der Waals surface area contributed by atoms with Crippen molar-refractivity contribution in [3.63, 3.8) is 0 Å². The Kier molecular flexibility index (Phi) is 6.69. The monoisotopic (exact) mass is 343 g/mol. The molecule has 0 aliphatic carbocycles. The molecule has 5 heteroatoms. The number of rotatable bonds is 8. The Morgan fingerprint density at radius 2 is 1.52 bits per heavy atom. The predicted molar refractivity (Wildman–Crippen MR) is 97.4 cm³/mol. The molecule has 134 valence electrons. The van der Waals surface area contributed by atoms with Gasteiger partial charge in [0.25, 0.3) is 0 Å². The number of ether oxygens (including phenoxy) is 3. The molecule has 0 aromatic heterocycles. The van der Waals surface area contributed by atoms with E-state index in [9.17, 15) is 4.79 Å². The molecule has 2 aromatic carbocycles. The number of carbonyl (C=O) groups is 1. The lowest BCUT2D eigenvalue weighted by molar-refractivity contribution is -0.121. The topological polar surface area (TPSA) is 56.8 Å². The molecule has 1 N–H and O–H groups in total. The van der Waals surface area contributed by atoms with Crippen LogP contribution in [0.5, 0.6) is 17.2 Å². The highest BCUT2D eigenvalue weighted by Crippen LogP contribution is 2.38. The molecule has 0 heterocycles. The summed E-state index contributed by atoms with van der Waals surface area (Å²) in [6.07, 6.45) is 0.987. The van der Waals surface area contributed by atoms with Gasteiger partial charge in [0.05, 0.1) is 21.3 Å². The zero-order chi connectivity index (χ0) is 18.2. The Morgan fingerprint density at radius 1 is 0.920 bits per heavy atom. The van der Waals surface area contributed by atoms with Crippen molar-refractivity contribution in [2.24, 2.45) is 0 Å². The van der Waals surface area contributed by atoms with Crippen LogP contribution in [0.4, 0.5) is 0 Å². The van der Waals surface area contributed by atoms with E-state index in [2.05, 4.69) is 5.32 Å². The van der Waals surface area contributed by atoms with Crippen LogP contribution in [0.1, 0.15) is 23.1 Å². The maximum absolute atomic E-state index is 12.1. The average molecular weight is 343 g/mol. The molecule has 0 radical (unpaired) electrons.